The molecule has 0 spiro atoms. The van der Waals surface area contributed by atoms with Gasteiger partial charge in [0.2, 0.25) is 0 Å². The van der Waals surface area contributed by atoms with Gasteiger partial charge in [-0.15, -0.1) is 0 Å². The van der Waals surface area contributed by atoms with Crippen molar-refractivity contribution in [1.82, 2.24) is 9.80 Å². The smallest absolute Gasteiger partial charge is 0.127 e. The summed E-state index contributed by atoms with van der Waals surface area (Å²) in [5.74, 6) is 0.428. The number of hydrogen-bond donors (Lipinski definition) is 0. The third kappa shape index (κ3) is 2.73. The summed E-state index contributed by atoms with van der Waals surface area (Å²) in [4.78, 5) is 4.84. The van der Waals surface area contributed by atoms with Crippen LogP contribution in [0, 0.1) is 5.82 Å². The molecular weight excluding hydrogens is 291 g/mol. The second kappa shape index (κ2) is 5.95. The fourth-order valence-electron chi connectivity index (χ4n) is 3.59. The highest BCUT2D eigenvalue weighted by Gasteiger charge is 2.31. The van der Waals surface area contributed by atoms with E-state index in [0.717, 1.165) is 31.7 Å². The first kappa shape index (κ1) is 14.7. The van der Waals surface area contributed by atoms with E-state index in [4.69, 9.17) is 4.74 Å². The molecule has 1 saturated heterocycles. The number of likely N-dealkylation sites (N-methyl/N-ethyl adjacent to an activating group) is 1. The quantitative estimate of drug-likeness (QED) is 0.805. The van der Waals surface area contributed by atoms with Gasteiger partial charge in [-0.2, -0.15) is 0 Å². The zero-order valence-electron chi connectivity index (χ0n) is 13.3. The fraction of sp³-hybridized carbons (Fsp3) is 0.368. The van der Waals surface area contributed by atoms with Gasteiger partial charge in [0.1, 0.15) is 18.2 Å². The molecule has 1 fully saturated rings. The first-order chi connectivity index (χ1) is 11.2. The number of hydrogen-bond acceptors (Lipinski definition) is 3. The van der Waals surface area contributed by atoms with Crippen molar-refractivity contribution in [2.75, 3.05) is 33.2 Å². The van der Waals surface area contributed by atoms with Crippen LogP contribution in [-0.4, -0.2) is 43.0 Å². The zero-order valence-corrected chi connectivity index (χ0v) is 13.3. The first-order valence-corrected chi connectivity index (χ1v) is 8.15. The van der Waals surface area contributed by atoms with E-state index in [1.165, 1.54) is 17.2 Å². The Morgan fingerprint density at radius 1 is 1.00 bits per heavy atom. The molecule has 0 aromatic heterocycles. The molecule has 4 rings (SSSR count). The molecule has 2 heterocycles. The van der Waals surface area contributed by atoms with E-state index in [9.17, 15) is 4.39 Å². The van der Waals surface area contributed by atoms with Crippen molar-refractivity contribution in [3.63, 3.8) is 0 Å². The summed E-state index contributed by atoms with van der Waals surface area (Å²) in [7, 11) is 2.16. The fourth-order valence-corrected chi connectivity index (χ4v) is 3.59. The van der Waals surface area contributed by atoms with Gasteiger partial charge in [0.25, 0.3) is 0 Å². The molecule has 3 nitrogen and oxygen atoms in total. The maximum atomic E-state index is 13.7. The molecule has 1 unspecified atom stereocenters. The van der Waals surface area contributed by atoms with E-state index in [1.54, 1.807) is 6.07 Å². The second-order valence-corrected chi connectivity index (χ2v) is 6.41. The van der Waals surface area contributed by atoms with Crippen LogP contribution in [-0.2, 0) is 6.61 Å². The van der Waals surface area contributed by atoms with Crippen molar-refractivity contribution >= 4 is 0 Å². The van der Waals surface area contributed by atoms with Gasteiger partial charge >= 0.3 is 0 Å². The maximum absolute atomic E-state index is 13.7. The Labute approximate surface area is 136 Å². The van der Waals surface area contributed by atoms with Crippen LogP contribution in [0.3, 0.4) is 0 Å². The van der Waals surface area contributed by atoms with E-state index in [2.05, 4.69) is 35.0 Å². The Morgan fingerprint density at radius 2 is 1.78 bits per heavy atom. The van der Waals surface area contributed by atoms with E-state index in [1.807, 2.05) is 12.1 Å². The lowest BCUT2D eigenvalue weighted by Gasteiger charge is -2.38. The van der Waals surface area contributed by atoms with E-state index < -0.39 is 0 Å². The van der Waals surface area contributed by atoms with Crippen LogP contribution in [0.1, 0.15) is 22.7 Å². The zero-order chi connectivity index (χ0) is 15.8. The van der Waals surface area contributed by atoms with Crippen molar-refractivity contribution in [2.24, 2.45) is 0 Å². The average Bonchev–Trinajstić information content (AvgIpc) is 2.72. The molecule has 2 aromatic rings. The summed E-state index contributed by atoms with van der Waals surface area (Å²) >= 11 is 0. The molecule has 2 aliphatic rings. The van der Waals surface area contributed by atoms with Gasteiger partial charge in [-0.1, -0.05) is 30.3 Å². The molecule has 0 aliphatic carbocycles. The van der Waals surface area contributed by atoms with Gasteiger partial charge in [-0.25, -0.2) is 4.39 Å². The Balaban J connectivity index is 1.81. The average molecular weight is 312 g/mol. The predicted octanol–water partition coefficient (Wildman–Crippen LogP) is 3.05. The molecule has 1 atom stereocenters. The van der Waals surface area contributed by atoms with Crippen molar-refractivity contribution in [2.45, 2.75) is 12.6 Å². The molecule has 0 radical (unpaired) electrons. The summed E-state index contributed by atoms with van der Waals surface area (Å²) in [6, 6.07) is 13.5. The minimum atomic E-state index is -0.244. The summed E-state index contributed by atoms with van der Waals surface area (Å²) in [6.07, 6.45) is 0. The lowest BCUT2D eigenvalue weighted by atomic mass is 9.93. The molecule has 2 aromatic carbocycles. The monoisotopic (exact) mass is 312 g/mol. The van der Waals surface area contributed by atoms with Crippen LogP contribution in [0.4, 0.5) is 4.39 Å². The van der Waals surface area contributed by atoms with E-state index in [0.29, 0.717) is 12.4 Å². The Kier molecular flexibility index (Phi) is 3.79. The van der Waals surface area contributed by atoms with Crippen molar-refractivity contribution in [3.05, 3.63) is 65.0 Å². The van der Waals surface area contributed by atoms with Crippen molar-refractivity contribution in [1.29, 1.82) is 0 Å². The minimum Gasteiger partial charge on any atom is -0.488 e. The lowest BCUT2D eigenvalue weighted by molar-refractivity contribution is 0.127. The van der Waals surface area contributed by atoms with Gasteiger partial charge in [0.15, 0.2) is 0 Å². The van der Waals surface area contributed by atoms with Gasteiger partial charge in [-0.05, 0) is 24.2 Å². The number of piperazine rings is 1. The second-order valence-electron chi connectivity index (χ2n) is 6.41. The first-order valence-electron chi connectivity index (χ1n) is 8.15. The van der Waals surface area contributed by atoms with Gasteiger partial charge in [-0.3, -0.25) is 4.90 Å². The molecule has 0 saturated carbocycles. The van der Waals surface area contributed by atoms with Gasteiger partial charge < -0.3 is 9.64 Å². The lowest BCUT2D eigenvalue weighted by Crippen LogP contribution is -2.46. The SMILES string of the molecule is CN1CCN(C2c3ccccc3COc3cc(F)ccc32)CC1. The molecular formula is C19H21FN2O. The summed E-state index contributed by atoms with van der Waals surface area (Å²) in [6.45, 7) is 4.61. The third-order valence-corrected chi connectivity index (χ3v) is 4.91. The molecule has 2 aliphatic heterocycles. The van der Waals surface area contributed by atoms with Crippen molar-refractivity contribution in [3.8, 4) is 5.75 Å². The number of benzene rings is 2. The normalized spacial score (nSPS) is 21.9. The Bertz CT molecular complexity index is 710. The van der Waals surface area contributed by atoms with Gasteiger partial charge in [0, 0.05) is 37.8 Å². The number of rotatable bonds is 1. The summed E-state index contributed by atoms with van der Waals surface area (Å²) in [5, 5.41) is 0. The van der Waals surface area contributed by atoms with Gasteiger partial charge in [0.05, 0.1) is 6.04 Å². The molecule has 0 amide bonds. The predicted molar refractivity (Wildman–Crippen MR) is 88.1 cm³/mol. The van der Waals surface area contributed by atoms with E-state index in [-0.39, 0.29) is 11.9 Å². The highest BCUT2D eigenvalue weighted by molar-refractivity contribution is 5.46. The highest BCUT2D eigenvalue weighted by Crippen LogP contribution is 2.40. The molecule has 4 heteroatoms. The van der Waals surface area contributed by atoms with Crippen LogP contribution < -0.4 is 4.74 Å². The molecule has 0 N–H and O–H groups in total. The number of fused-ring (bicyclic) bond motifs is 2. The topological polar surface area (TPSA) is 15.7 Å². The summed E-state index contributed by atoms with van der Waals surface area (Å²) < 4.78 is 19.6. The number of ether oxygens (including phenoxy) is 1. The molecule has 23 heavy (non-hydrogen) atoms. The Hall–Kier alpha value is -1.91. The minimum absolute atomic E-state index is 0.137. The Morgan fingerprint density at radius 3 is 2.61 bits per heavy atom. The van der Waals surface area contributed by atoms with Crippen molar-refractivity contribution < 1.29 is 9.13 Å². The molecule has 0 bridgehead atoms. The van der Waals surface area contributed by atoms with Crippen LogP contribution >= 0.6 is 0 Å². The summed E-state index contributed by atoms with van der Waals surface area (Å²) in [5.41, 5.74) is 3.54. The third-order valence-electron chi connectivity index (χ3n) is 4.91. The molecule has 120 valence electrons. The van der Waals surface area contributed by atoms with Crippen LogP contribution in [0.2, 0.25) is 0 Å². The van der Waals surface area contributed by atoms with E-state index >= 15 is 0 Å². The highest BCUT2D eigenvalue weighted by atomic mass is 19.1. The maximum Gasteiger partial charge on any atom is 0.127 e. The largest absolute Gasteiger partial charge is 0.488 e. The number of nitrogens with zero attached hydrogens (tertiary/aromatic N) is 2. The standard InChI is InChI=1S/C19H21FN2O/c1-21-8-10-22(11-9-21)19-16-5-3-2-4-14(16)13-23-18-12-15(20)6-7-17(18)19/h2-7,12,19H,8-11,13H2,1H3. The number of halogens is 1. The van der Waals surface area contributed by atoms with Crippen LogP contribution in [0.25, 0.3) is 0 Å². The van der Waals surface area contributed by atoms with Crippen LogP contribution in [0.5, 0.6) is 5.75 Å². The van der Waals surface area contributed by atoms with Crippen LogP contribution in [0.15, 0.2) is 42.5 Å².